The third-order valence-corrected chi connectivity index (χ3v) is 1.71. The summed E-state index contributed by atoms with van der Waals surface area (Å²) >= 11 is 0. The molecule has 0 bridgehead atoms. The Bertz CT molecular complexity index is 215. The molecule has 56 valence electrons. The van der Waals surface area contributed by atoms with Crippen molar-refractivity contribution in [2.45, 2.75) is 20.0 Å². The highest BCUT2D eigenvalue weighted by Crippen LogP contribution is 2.06. The van der Waals surface area contributed by atoms with Gasteiger partial charge in [-0.05, 0) is 18.1 Å². The Morgan fingerprint density at radius 3 is 2.60 bits per heavy atom. The Kier molecular flexibility index (Phi) is 2.12. The van der Waals surface area contributed by atoms with Gasteiger partial charge in [-0.25, -0.2) is 0 Å². The Morgan fingerprint density at radius 1 is 1.60 bits per heavy atom. The summed E-state index contributed by atoms with van der Waals surface area (Å²) < 4.78 is 2.05. The van der Waals surface area contributed by atoms with E-state index in [0.29, 0.717) is 0 Å². The Hall–Kier alpha value is -0.760. The molecule has 0 aliphatic carbocycles. The monoisotopic (exact) mass is 139 g/mol. The van der Waals surface area contributed by atoms with Crippen LogP contribution in [0.4, 0.5) is 0 Å². The van der Waals surface area contributed by atoms with E-state index in [9.17, 15) is 0 Å². The molecule has 0 fully saturated rings. The van der Waals surface area contributed by atoms with E-state index in [1.54, 1.807) is 0 Å². The number of hydrogen-bond donors (Lipinski definition) is 1. The van der Waals surface area contributed by atoms with Crippen LogP contribution >= 0.6 is 0 Å². The van der Waals surface area contributed by atoms with Crippen LogP contribution in [0.2, 0.25) is 0 Å². The van der Waals surface area contributed by atoms with Crippen molar-refractivity contribution < 1.29 is 5.11 Å². The van der Waals surface area contributed by atoms with Crippen molar-refractivity contribution in [2.24, 2.45) is 7.05 Å². The van der Waals surface area contributed by atoms with E-state index in [4.69, 9.17) is 5.11 Å². The van der Waals surface area contributed by atoms with Gasteiger partial charge in [0.25, 0.3) is 0 Å². The number of aryl methyl sites for hydroxylation is 2. The van der Waals surface area contributed by atoms with E-state index in [1.807, 2.05) is 23.9 Å². The predicted molar refractivity (Wildman–Crippen MR) is 40.7 cm³/mol. The molecule has 1 aromatic heterocycles. The van der Waals surface area contributed by atoms with Gasteiger partial charge in [-0.2, -0.15) is 0 Å². The third-order valence-electron chi connectivity index (χ3n) is 1.71. The maximum absolute atomic E-state index is 8.76. The number of aromatic nitrogens is 1. The average molecular weight is 139 g/mol. The van der Waals surface area contributed by atoms with E-state index in [0.717, 1.165) is 12.0 Å². The fourth-order valence-corrected chi connectivity index (χ4v) is 1.12. The summed E-state index contributed by atoms with van der Waals surface area (Å²) in [5, 5.41) is 8.76. The molecule has 1 rings (SSSR count). The number of aliphatic hydroxyl groups excluding tert-OH is 1. The summed E-state index contributed by atoms with van der Waals surface area (Å²) in [5.41, 5.74) is 2.27. The minimum absolute atomic E-state index is 0.147. The van der Waals surface area contributed by atoms with Crippen LogP contribution in [0.3, 0.4) is 0 Å². The van der Waals surface area contributed by atoms with Crippen LogP contribution in [0.15, 0.2) is 12.3 Å². The zero-order valence-corrected chi connectivity index (χ0v) is 6.46. The Balaban J connectivity index is 2.92. The van der Waals surface area contributed by atoms with Crippen molar-refractivity contribution in [1.29, 1.82) is 0 Å². The fourth-order valence-electron chi connectivity index (χ4n) is 1.12. The molecule has 1 aromatic rings. The van der Waals surface area contributed by atoms with E-state index >= 15 is 0 Å². The zero-order valence-electron chi connectivity index (χ0n) is 6.46. The molecule has 2 heteroatoms. The summed E-state index contributed by atoms with van der Waals surface area (Å²) in [6, 6.07) is 2.03. The SMILES string of the molecule is CCc1cc(CO)cn1C. The molecule has 1 N–H and O–H groups in total. The smallest absolute Gasteiger partial charge is 0.0696 e. The molecule has 0 saturated heterocycles. The van der Waals surface area contributed by atoms with Crippen LogP contribution in [0.25, 0.3) is 0 Å². The molecule has 0 aliphatic rings. The van der Waals surface area contributed by atoms with Gasteiger partial charge in [-0.3, -0.25) is 0 Å². The quantitative estimate of drug-likeness (QED) is 0.651. The van der Waals surface area contributed by atoms with Crippen LogP contribution in [0.1, 0.15) is 18.2 Å². The molecule has 0 unspecified atom stereocenters. The predicted octanol–water partition coefficient (Wildman–Crippen LogP) is 1.08. The number of hydrogen-bond acceptors (Lipinski definition) is 1. The van der Waals surface area contributed by atoms with Crippen molar-refractivity contribution >= 4 is 0 Å². The summed E-state index contributed by atoms with van der Waals surface area (Å²) in [5.74, 6) is 0. The zero-order chi connectivity index (χ0) is 7.56. The highest BCUT2D eigenvalue weighted by Gasteiger charge is 1.98. The second kappa shape index (κ2) is 2.88. The summed E-state index contributed by atoms with van der Waals surface area (Å²) in [4.78, 5) is 0. The van der Waals surface area contributed by atoms with Crippen LogP contribution in [0, 0.1) is 0 Å². The van der Waals surface area contributed by atoms with Crippen molar-refractivity contribution in [3.8, 4) is 0 Å². The lowest BCUT2D eigenvalue weighted by Gasteiger charge is -1.95. The lowest BCUT2D eigenvalue weighted by Crippen LogP contribution is -1.90. The first kappa shape index (κ1) is 7.35. The molecular formula is C8H13NO. The molecule has 1 heterocycles. The molecule has 0 amide bonds. The van der Waals surface area contributed by atoms with E-state index in [-0.39, 0.29) is 6.61 Å². The minimum Gasteiger partial charge on any atom is -0.392 e. The van der Waals surface area contributed by atoms with Crippen molar-refractivity contribution in [3.63, 3.8) is 0 Å². The largest absolute Gasteiger partial charge is 0.392 e. The van der Waals surface area contributed by atoms with E-state index < -0.39 is 0 Å². The maximum atomic E-state index is 8.76. The molecule has 0 atom stereocenters. The number of nitrogens with zero attached hydrogens (tertiary/aromatic N) is 1. The molecule has 0 aliphatic heterocycles. The average Bonchev–Trinajstić information content (AvgIpc) is 2.30. The highest BCUT2D eigenvalue weighted by atomic mass is 16.3. The molecular weight excluding hydrogens is 126 g/mol. The van der Waals surface area contributed by atoms with Crippen molar-refractivity contribution in [3.05, 3.63) is 23.5 Å². The van der Waals surface area contributed by atoms with Gasteiger partial charge >= 0.3 is 0 Å². The van der Waals surface area contributed by atoms with Gasteiger partial charge in [0.15, 0.2) is 0 Å². The number of aliphatic hydroxyl groups is 1. The fraction of sp³-hybridized carbons (Fsp3) is 0.500. The highest BCUT2D eigenvalue weighted by molar-refractivity contribution is 5.17. The number of rotatable bonds is 2. The van der Waals surface area contributed by atoms with Gasteiger partial charge in [-0.15, -0.1) is 0 Å². The normalized spacial score (nSPS) is 10.3. The molecule has 0 spiro atoms. The molecule has 0 aromatic carbocycles. The van der Waals surface area contributed by atoms with Crippen LogP contribution in [-0.4, -0.2) is 9.67 Å². The van der Waals surface area contributed by atoms with Gasteiger partial charge in [0.2, 0.25) is 0 Å². The molecule has 0 saturated carbocycles. The molecule has 10 heavy (non-hydrogen) atoms. The van der Waals surface area contributed by atoms with Gasteiger partial charge in [0, 0.05) is 18.9 Å². The van der Waals surface area contributed by atoms with Crippen molar-refractivity contribution in [2.75, 3.05) is 0 Å². The Morgan fingerprint density at radius 2 is 2.30 bits per heavy atom. The van der Waals surface area contributed by atoms with Crippen molar-refractivity contribution in [1.82, 2.24) is 4.57 Å². The summed E-state index contributed by atoms with van der Waals surface area (Å²) in [7, 11) is 2.00. The molecule has 2 nitrogen and oxygen atoms in total. The molecule has 0 radical (unpaired) electrons. The minimum atomic E-state index is 0.147. The first-order valence-corrected chi connectivity index (χ1v) is 3.53. The van der Waals surface area contributed by atoms with Gasteiger partial charge < -0.3 is 9.67 Å². The van der Waals surface area contributed by atoms with Crippen LogP contribution in [0.5, 0.6) is 0 Å². The van der Waals surface area contributed by atoms with E-state index in [1.165, 1.54) is 5.69 Å². The van der Waals surface area contributed by atoms with Gasteiger partial charge in [0.05, 0.1) is 6.61 Å². The summed E-state index contributed by atoms with van der Waals surface area (Å²) in [6.45, 7) is 2.25. The van der Waals surface area contributed by atoms with Crippen LogP contribution in [-0.2, 0) is 20.1 Å². The second-order valence-corrected chi connectivity index (χ2v) is 2.46. The lowest BCUT2D eigenvalue weighted by molar-refractivity contribution is 0.282. The lowest BCUT2D eigenvalue weighted by atomic mass is 10.3. The first-order chi connectivity index (χ1) is 4.77. The maximum Gasteiger partial charge on any atom is 0.0696 e. The second-order valence-electron chi connectivity index (χ2n) is 2.46. The van der Waals surface area contributed by atoms with E-state index in [2.05, 4.69) is 6.92 Å². The van der Waals surface area contributed by atoms with Crippen LogP contribution < -0.4 is 0 Å². The summed E-state index contributed by atoms with van der Waals surface area (Å²) in [6.07, 6.45) is 2.98. The van der Waals surface area contributed by atoms with Gasteiger partial charge in [0.1, 0.15) is 0 Å². The standard InChI is InChI=1S/C8H13NO/c1-3-8-4-7(6-10)5-9(8)2/h4-5,10H,3,6H2,1-2H3. The topological polar surface area (TPSA) is 25.2 Å². The first-order valence-electron chi connectivity index (χ1n) is 3.53. The Labute approximate surface area is 61.1 Å². The van der Waals surface area contributed by atoms with Gasteiger partial charge in [-0.1, -0.05) is 6.92 Å². The third kappa shape index (κ3) is 1.21.